The second-order valence-electron chi connectivity index (χ2n) is 6.02. The third kappa shape index (κ3) is 3.48. The zero-order valence-electron chi connectivity index (χ0n) is 14.3. The van der Waals surface area contributed by atoms with Crippen LogP contribution in [-0.4, -0.2) is 66.3 Å². The fraction of sp³-hybridized carbons (Fsp3) is 0.500. The van der Waals surface area contributed by atoms with Crippen molar-refractivity contribution in [2.45, 2.75) is 13.3 Å². The maximum absolute atomic E-state index is 12.9. The van der Waals surface area contributed by atoms with Crippen LogP contribution in [-0.2, 0) is 0 Å². The van der Waals surface area contributed by atoms with Crippen molar-refractivity contribution >= 4 is 28.2 Å². The monoisotopic (exact) mass is 346 g/mol. The molecule has 8 heteroatoms. The molecule has 1 amide bonds. The van der Waals surface area contributed by atoms with Crippen molar-refractivity contribution in [2.24, 2.45) is 0 Å². The number of hydrogen-bond donors (Lipinski definition) is 0. The number of rotatable bonds is 3. The summed E-state index contributed by atoms with van der Waals surface area (Å²) < 4.78 is 0. The van der Waals surface area contributed by atoms with Gasteiger partial charge >= 0.3 is 0 Å². The molecule has 128 valence electrons. The van der Waals surface area contributed by atoms with Crippen LogP contribution < -0.4 is 9.80 Å². The Morgan fingerprint density at radius 2 is 2.08 bits per heavy atom. The number of nitrogens with zero attached hydrogens (tertiary/aromatic N) is 6. The van der Waals surface area contributed by atoms with Crippen LogP contribution in [0.2, 0.25) is 0 Å². The first-order valence-corrected chi connectivity index (χ1v) is 8.84. The Kier molecular flexibility index (Phi) is 4.94. The summed E-state index contributed by atoms with van der Waals surface area (Å²) in [5.41, 5.74) is 0.809. The van der Waals surface area contributed by atoms with E-state index < -0.39 is 0 Å². The molecule has 2 aromatic rings. The second-order valence-corrected chi connectivity index (χ2v) is 7.00. The van der Waals surface area contributed by atoms with E-state index in [0.717, 1.165) is 47.6 Å². The predicted octanol–water partition coefficient (Wildman–Crippen LogP) is 1.66. The fourth-order valence-corrected chi connectivity index (χ4v) is 3.68. The van der Waals surface area contributed by atoms with E-state index in [1.165, 1.54) is 11.3 Å². The van der Waals surface area contributed by atoms with Gasteiger partial charge in [0.1, 0.15) is 4.88 Å². The quantitative estimate of drug-likeness (QED) is 0.842. The van der Waals surface area contributed by atoms with Crippen molar-refractivity contribution in [3.05, 3.63) is 28.9 Å². The average molecular weight is 346 g/mol. The first-order chi connectivity index (χ1) is 11.6. The van der Waals surface area contributed by atoms with Crippen molar-refractivity contribution in [3.8, 4) is 0 Å². The lowest BCUT2D eigenvalue weighted by atomic mass is 10.3. The Hall–Kier alpha value is -2.22. The molecule has 0 spiro atoms. The minimum Gasteiger partial charge on any atom is -0.354 e. The Balaban J connectivity index is 1.71. The van der Waals surface area contributed by atoms with Gasteiger partial charge in [0.25, 0.3) is 5.91 Å². The van der Waals surface area contributed by atoms with E-state index in [-0.39, 0.29) is 5.91 Å². The van der Waals surface area contributed by atoms with E-state index in [2.05, 4.69) is 20.1 Å². The van der Waals surface area contributed by atoms with Gasteiger partial charge in [0, 0.05) is 46.5 Å². The number of amides is 1. The van der Waals surface area contributed by atoms with Crippen molar-refractivity contribution < 1.29 is 4.79 Å². The number of aryl methyl sites for hydroxylation is 1. The van der Waals surface area contributed by atoms with Gasteiger partial charge in [-0.2, -0.15) is 5.10 Å². The van der Waals surface area contributed by atoms with Gasteiger partial charge in [0.05, 0.1) is 5.69 Å². The predicted molar refractivity (Wildman–Crippen MR) is 95.9 cm³/mol. The van der Waals surface area contributed by atoms with Gasteiger partial charge in [-0.15, -0.1) is 5.10 Å². The minimum absolute atomic E-state index is 0.0825. The molecular weight excluding hydrogens is 324 g/mol. The Labute approximate surface area is 145 Å². The third-order valence-electron chi connectivity index (χ3n) is 4.03. The molecule has 1 aliphatic rings. The number of anilines is 2. The first-order valence-electron chi connectivity index (χ1n) is 8.03. The van der Waals surface area contributed by atoms with Crippen LogP contribution in [0.5, 0.6) is 0 Å². The smallest absolute Gasteiger partial charge is 0.265 e. The molecule has 0 saturated carbocycles. The number of hydrogen-bond acceptors (Lipinski definition) is 7. The van der Waals surface area contributed by atoms with Crippen LogP contribution in [0.3, 0.4) is 0 Å². The highest BCUT2D eigenvalue weighted by Crippen LogP contribution is 2.26. The first kappa shape index (κ1) is 16.6. The largest absolute Gasteiger partial charge is 0.354 e. The van der Waals surface area contributed by atoms with Crippen LogP contribution >= 0.6 is 11.3 Å². The van der Waals surface area contributed by atoms with Gasteiger partial charge < -0.3 is 14.7 Å². The standard InChI is InChI=1S/C16H22N6OS/c1-12-14(24-16(18-12)20(2)3)15(23)22-9-5-8-21(10-11-22)13-6-4-7-17-19-13/h4,6-7H,5,8-11H2,1-3H3. The minimum atomic E-state index is 0.0825. The number of carbonyl (C=O) groups excluding carboxylic acids is 1. The normalized spacial score (nSPS) is 15.3. The highest BCUT2D eigenvalue weighted by atomic mass is 32.1. The molecule has 3 heterocycles. The van der Waals surface area contributed by atoms with Gasteiger partial charge in [-0.3, -0.25) is 4.79 Å². The van der Waals surface area contributed by atoms with Crippen molar-refractivity contribution in [1.82, 2.24) is 20.1 Å². The molecule has 3 rings (SSSR count). The summed E-state index contributed by atoms with van der Waals surface area (Å²) in [5, 5.41) is 8.98. The average Bonchev–Trinajstić information content (AvgIpc) is 2.82. The maximum Gasteiger partial charge on any atom is 0.265 e. The lowest BCUT2D eigenvalue weighted by Crippen LogP contribution is -2.35. The molecule has 0 atom stereocenters. The van der Waals surface area contributed by atoms with E-state index in [9.17, 15) is 4.79 Å². The molecule has 1 aliphatic heterocycles. The lowest BCUT2D eigenvalue weighted by Gasteiger charge is -2.22. The van der Waals surface area contributed by atoms with E-state index in [1.807, 2.05) is 43.0 Å². The molecule has 0 N–H and O–H groups in total. The Bertz CT molecular complexity index is 702. The molecule has 1 saturated heterocycles. The van der Waals surface area contributed by atoms with Crippen LogP contribution in [0.4, 0.5) is 10.9 Å². The molecule has 0 aliphatic carbocycles. The highest BCUT2D eigenvalue weighted by molar-refractivity contribution is 7.17. The summed E-state index contributed by atoms with van der Waals surface area (Å²) in [6.45, 7) is 4.99. The highest BCUT2D eigenvalue weighted by Gasteiger charge is 2.24. The molecule has 1 fully saturated rings. The molecule has 0 aromatic carbocycles. The second kappa shape index (κ2) is 7.12. The molecule has 7 nitrogen and oxygen atoms in total. The molecule has 0 bridgehead atoms. The molecular formula is C16H22N6OS. The molecule has 0 unspecified atom stereocenters. The van der Waals surface area contributed by atoms with E-state index >= 15 is 0 Å². The van der Waals surface area contributed by atoms with Gasteiger partial charge in [0.15, 0.2) is 10.9 Å². The summed E-state index contributed by atoms with van der Waals surface area (Å²) in [6.07, 6.45) is 2.59. The van der Waals surface area contributed by atoms with E-state index in [0.29, 0.717) is 6.54 Å². The van der Waals surface area contributed by atoms with Gasteiger partial charge in [-0.25, -0.2) is 4.98 Å². The number of carbonyl (C=O) groups is 1. The SMILES string of the molecule is Cc1nc(N(C)C)sc1C(=O)N1CCCN(c2cccnn2)CC1. The summed E-state index contributed by atoms with van der Waals surface area (Å²) in [4.78, 5) is 24.2. The maximum atomic E-state index is 12.9. The van der Waals surface area contributed by atoms with E-state index in [1.54, 1.807) is 6.20 Å². The topological polar surface area (TPSA) is 65.5 Å². The summed E-state index contributed by atoms with van der Waals surface area (Å²) >= 11 is 1.46. The van der Waals surface area contributed by atoms with Crippen molar-refractivity contribution in [1.29, 1.82) is 0 Å². The van der Waals surface area contributed by atoms with Crippen LogP contribution in [0.15, 0.2) is 18.3 Å². The summed E-state index contributed by atoms with van der Waals surface area (Å²) in [5.74, 6) is 0.953. The van der Waals surface area contributed by atoms with Crippen molar-refractivity contribution in [3.63, 3.8) is 0 Å². The fourth-order valence-electron chi connectivity index (χ4n) is 2.73. The number of aromatic nitrogens is 3. The lowest BCUT2D eigenvalue weighted by molar-refractivity contribution is 0.0771. The van der Waals surface area contributed by atoms with Crippen LogP contribution in [0.25, 0.3) is 0 Å². The van der Waals surface area contributed by atoms with Gasteiger partial charge in [0.2, 0.25) is 0 Å². The van der Waals surface area contributed by atoms with Gasteiger partial charge in [-0.05, 0) is 25.5 Å². The van der Waals surface area contributed by atoms with Gasteiger partial charge in [-0.1, -0.05) is 11.3 Å². The molecule has 2 aromatic heterocycles. The third-order valence-corrected chi connectivity index (χ3v) is 5.34. The molecule has 0 radical (unpaired) electrons. The van der Waals surface area contributed by atoms with Crippen LogP contribution in [0, 0.1) is 6.92 Å². The summed E-state index contributed by atoms with van der Waals surface area (Å²) in [6, 6.07) is 3.85. The Morgan fingerprint density at radius 1 is 1.25 bits per heavy atom. The molecule has 24 heavy (non-hydrogen) atoms. The number of thiazole rings is 1. The Morgan fingerprint density at radius 3 is 2.75 bits per heavy atom. The summed E-state index contributed by atoms with van der Waals surface area (Å²) in [7, 11) is 3.88. The van der Waals surface area contributed by atoms with E-state index in [4.69, 9.17) is 0 Å². The van der Waals surface area contributed by atoms with Crippen molar-refractivity contribution in [2.75, 3.05) is 50.1 Å². The zero-order chi connectivity index (χ0) is 17.1. The van der Waals surface area contributed by atoms with Crippen LogP contribution in [0.1, 0.15) is 21.8 Å². The zero-order valence-corrected chi connectivity index (χ0v) is 15.1.